The molecule has 0 saturated heterocycles. The highest BCUT2D eigenvalue weighted by Gasteiger charge is 2.27. The summed E-state index contributed by atoms with van der Waals surface area (Å²) in [7, 11) is 0. The lowest BCUT2D eigenvalue weighted by Crippen LogP contribution is -2.38. The monoisotopic (exact) mass is 244 g/mol. The van der Waals surface area contributed by atoms with Crippen LogP contribution < -0.4 is 11.1 Å². The predicted octanol–water partition coefficient (Wildman–Crippen LogP) is 1.12. The van der Waals surface area contributed by atoms with Crippen molar-refractivity contribution in [2.75, 3.05) is 13.1 Å². The van der Waals surface area contributed by atoms with Gasteiger partial charge in [0.2, 0.25) is 5.91 Å². The number of nitrogens with one attached hydrogen (secondary N) is 1. The van der Waals surface area contributed by atoms with E-state index in [2.05, 4.69) is 5.32 Å². The molecule has 0 aliphatic carbocycles. The van der Waals surface area contributed by atoms with Crippen molar-refractivity contribution in [3.05, 3.63) is 0 Å². The number of unbranched alkanes of at least 4 members (excludes halogenated alkanes) is 3. The summed E-state index contributed by atoms with van der Waals surface area (Å²) in [5, 5.41) is 11.5. The summed E-state index contributed by atoms with van der Waals surface area (Å²) in [5.74, 6) is -0.979. The van der Waals surface area contributed by atoms with Gasteiger partial charge in [0.05, 0.1) is 5.41 Å². The van der Waals surface area contributed by atoms with Crippen molar-refractivity contribution in [1.29, 1.82) is 0 Å². The zero-order valence-corrected chi connectivity index (χ0v) is 10.8. The molecular formula is C12H24N2O3. The van der Waals surface area contributed by atoms with Crippen LogP contribution in [0.4, 0.5) is 0 Å². The van der Waals surface area contributed by atoms with Crippen molar-refractivity contribution >= 4 is 11.9 Å². The molecule has 0 radical (unpaired) electrons. The number of hydrogen-bond donors (Lipinski definition) is 3. The van der Waals surface area contributed by atoms with Gasteiger partial charge in [0.1, 0.15) is 0 Å². The first-order chi connectivity index (χ1) is 7.90. The van der Waals surface area contributed by atoms with E-state index >= 15 is 0 Å². The minimum atomic E-state index is -0.908. The maximum Gasteiger partial charge on any atom is 0.310 e. The highest BCUT2D eigenvalue weighted by molar-refractivity contribution is 5.78. The highest BCUT2D eigenvalue weighted by atomic mass is 16.4. The summed E-state index contributed by atoms with van der Waals surface area (Å²) in [4.78, 5) is 22.2. The molecule has 0 aromatic heterocycles. The smallest absolute Gasteiger partial charge is 0.310 e. The van der Waals surface area contributed by atoms with Gasteiger partial charge in [-0.3, -0.25) is 9.59 Å². The average molecular weight is 244 g/mol. The Morgan fingerprint density at radius 1 is 1.18 bits per heavy atom. The Morgan fingerprint density at radius 2 is 1.76 bits per heavy atom. The van der Waals surface area contributed by atoms with E-state index in [1.54, 1.807) is 13.8 Å². The summed E-state index contributed by atoms with van der Waals surface area (Å²) in [6.07, 6.45) is 4.32. The lowest BCUT2D eigenvalue weighted by Gasteiger charge is -2.19. The van der Waals surface area contributed by atoms with E-state index in [1.807, 2.05) is 0 Å². The summed E-state index contributed by atoms with van der Waals surface area (Å²) in [6.45, 7) is 4.05. The van der Waals surface area contributed by atoms with Crippen LogP contribution >= 0.6 is 0 Å². The zero-order chi connectivity index (χ0) is 13.3. The molecule has 0 aromatic carbocycles. The number of rotatable bonds is 9. The summed E-state index contributed by atoms with van der Waals surface area (Å²) in [5.41, 5.74) is 4.45. The van der Waals surface area contributed by atoms with E-state index in [0.717, 1.165) is 25.7 Å². The Labute approximate surface area is 103 Å². The number of hydrogen-bond acceptors (Lipinski definition) is 3. The number of amides is 1. The Balaban J connectivity index is 3.63. The molecule has 0 spiro atoms. The van der Waals surface area contributed by atoms with Gasteiger partial charge in [-0.15, -0.1) is 0 Å². The van der Waals surface area contributed by atoms with Gasteiger partial charge in [0.25, 0.3) is 0 Å². The van der Waals surface area contributed by atoms with Crippen LogP contribution in [0.25, 0.3) is 0 Å². The summed E-state index contributed by atoms with van der Waals surface area (Å²) >= 11 is 0. The molecule has 0 heterocycles. The highest BCUT2D eigenvalue weighted by Crippen LogP contribution is 2.13. The molecule has 1 amide bonds. The van der Waals surface area contributed by atoms with Crippen LogP contribution in [0.1, 0.15) is 46.0 Å². The van der Waals surface area contributed by atoms with Crippen LogP contribution in [0.3, 0.4) is 0 Å². The van der Waals surface area contributed by atoms with E-state index < -0.39 is 11.4 Å². The summed E-state index contributed by atoms with van der Waals surface area (Å²) < 4.78 is 0. The minimum Gasteiger partial charge on any atom is -0.481 e. The predicted molar refractivity (Wildman–Crippen MR) is 66.6 cm³/mol. The van der Waals surface area contributed by atoms with Crippen LogP contribution in [0.15, 0.2) is 0 Å². The fourth-order valence-corrected chi connectivity index (χ4v) is 1.27. The molecule has 5 heteroatoms. The zero-order valence-electron chi connectivity index (χ0n) is 10.8. The fraction of sp³-hybridized carbons (Fsp3) is 0.833. The van der Waals surface area contributed by atoms with Gasteiger partial charge in [-0.25, -0.2) is 0 Å². The van der Waals surface area contributed by atoms with Crippen LogP contribution in [-0.4, -0.2) is 30.1 Å². The van der Waals surface area contributed by atoms with Crippen LogP contribution in [0, 0.1) is 5.41 Å². The van der Waals surface area contributed by atoms with Gasteiger partial charge in [-0.1, -0.05) is 12.8 Å². The lowest BCUT2D eigenvalue weighted by molar-refractivity contribution is -0.146. The second-order valence-corrected chi connectivity index (χ2v) is 4.92. The summed E-state index contributed by atoms with van der Waals surface area (Å²) in [6, 6.07) is 0. The van der Waals surface area contributed by atoms with Crippen molar-refractivity contribution in [2.45, 2.75) is 46.0 Å². The molecule has 0 saturated carbocycles. The topological polar surface area (TPSA) is 92.4 Å². The SMILES string of the molecule is CC(C)(CNC(=O)CCCCCCN)C(=O)O. The van der Waals surface area contributed by atoms with E-state index in [0.29, 0.717) is 13.0 Å². The molecule has 0 fully saturated rings. The lowest BCUT2D eigenvalue weighted by atomic mass is 9.94. The Hall–Kier alpha value is -1.10. The Kier molecular flexibility index (Phi) is 7.54. The molecular weight excluding hydrogens is 220 g/mol. The standard InChI is InChI=1S/C12H24N2O3/c1-12(2,11(16)17)9-14-10(15)7-5-3-4-6-8-13/h3-9,13H2,1-2H3,(H,14,15)(H,16,17). The number of nitrogens with two attached hydrogens (primary N) is 1. The van der Waals surface area contributed by atoms with Gasteiger partial charge < -0.3 is 16.2 Å². The van der Waals surface area contributed by atoms with Crippen LogP contribution in [0.5, 0.6) is 0 Å². The quantitative estimate of drug-likeness (QED) is 0.530. The molecule has 0 atom stereocenters. The minimum absolute atomic E-state index is 0.0768. The fourth-order valence-electron chi connectivity index (χ4n) is 1.27. The largest absolute Gasteiger partial charge is 0.481 e. The first kappa shape index (κ1) is 15.9. The number of carboxylic acid groups (broad SMARTS) is 1. The molecule has 5 nitrogen and oxygen atoms in total. The second-order valence-electron chi connectivity index (χ2n) is 4.92. The van der Waals surface area contributed by atoms with Gasteiger partial charge in [0, 0.05) is 13.0 Å². The van der Waals surface area contributed by atoms with Gasteiger partial charge in [-0.05, 0) is 33.2 Å². The molecule has 0 aromatic rings. The van der Waals surface area contributed by atoms with Crippen molar-refractivity contribution in [3.8, 4) is 0 Å². The van der Waals surface area contributed by atoms with E-state index in [1.165, 1.54) is 0 Å². The number of carboxylic acids is 1. The molecule has 100 valence electrons. The van der Waals surface area contributed by atoms with Gasteiger partial charge >= 0.3 is 5.97 Å². The maximum atomic E-state index is 11.4. The molecule has 17 heavy (non-hydrogen) atoms. The Morgan fingerprint density at radius 3 is 2.29 bits per heavy atom. The maximum absolute atomic E-state index is 11.4. The third-order valence-electron chi connectivity index (χ3n) is 2.66. The van der Waals surface area contributed by atoms with Crippen LogP contribution in [0.2, 0.25) is 0 Å². The average Bonchev–Trinajstić information content (AvgIpc) is 2.26. The Bertz CT molecular complexity index is 252. The van der Waals surface area contributed by atoms with Crippen molar-refractivity contribution < 1.29 is 14.7 Å². The molecule has 0 aliphatic heterocycles. The molecule has 0 aliphatic rings. The van der Waals surface area contributed by atoms with Gasteiger partial charge in [0.15, 0.2) is 0 Å². The van der Waals surface area contributed by atoms with Crippen molar-refractivity contribution in [1.82, 2.24) is 5.32 Å². The van der Waals surface area contributed by atoms with Crippen LogP contribution in [-0.2, 0) is 9.59 Å². The van der Waals surface area contributed by atoms with Crippen molar-refractivity contribution in [2.24, 2.45) is 11.1 Å². The second kappa shape index (κ2) is 8.06. The van der Waals surface area contributed by atoms with E-state index in [-0.39, 0.29) is 12.5 Å². The molecule has 4 N–H and O–H groups in total. The number of carbonyl (C=O) groups is 2. The molecule has 0 rings (SSSR count). The van der Waals surface area contributed by atoms with Crippen molar-refractivity contribution in [3.63, 3.8) is 0 Å². The van der Waals surface area contributed by atoms with Gasteiger partial charge in [-0.2, -0.15) is 0 Å². The number of aliphatic carboxylic acids is 1. The number of carbonyl (C=O) groups excluding carboxylic acids is 1. The first-order valence-electron chi connectivity index (χ1n) is 6.10. The third kappa shape index (κ3) is 7.74. The first-order valence-corrected chi connectivity index (χ1v) is 6.10. The third-order valence-corrected chi connectivity index (χ3v) is 2.66. The molecule has 0 bridgehead atoms. The van der Waals surface area contributed by atoms with E-state index in [4.69, 9.17) is 10.8 Å². The normalized spacial score (nSPS) is 11.2. The molecule has 0 unspecified atom stereocenters. The van der Waals surface area contributed by atoms with E-state index in [9.17, 15) is 9.59 Å².